The second kappa shape index (κ2) is 6.06. The highest BCUT2D eigenvalue weighted by atomic mass is 15.2. The molecule has 108 valence electrons. The standard InChI is InChI=1S/C17H30N2/c1-16(2,3)15-9-7-14(8-10-15)13-19(12-11-18)17(4,5)6/h7-10H,11-13,18H2,1-6H3. The third-order valence-corrected chi connectivity index (χ3v) is 3.54. The summed E-state index contributed by atoms with van der Waals surface area (Å²) in [6.07, 6.45) is 0. The van der Waals surface area contributed by atoms with Crippen molar-refractivity contribution >= 4 is 0 Å². The molecule has 0 fully saturated rings. The summed E-state index contributed by atoms with van der Waals surface area (Å²) in [6, 6.07) is 8.99. The molecule has 2 nitrogen and oxygen atoms in total. The number of hydrogen-bond donors (Lipinski definition) is 1. The Morgan fingerprint density at radius 2 is 1.47 bits per heavy atom. The maximum absolute atomic E-state index is 5.72. The van der Waals surface area contributed by atoms with Crippen molar-refractivity contribution < 1.29 is 0 Å². The number of nitrogens with zero attached hydrogens (tertiary/aromatic N) is 1. The summed E-state index contributed by atoms with van der Waals surface area (Å²) >= 11 is 0. The van der Waals surface area contributed by atoms with E-state index in [-0.39, 0.29) is 11.0 Å². The molecule has 0 aromatic heterocycles. The largest absolute Gasteiger partial charge is 0.329 e. The lowest BCUT2D eigenvalue weighted by Gasteiger charge is -2.35. The SMILES string of the molecule is CC(C)(C)c1ccc(CN(CCN)C(C)(C)C)cc1. The van der Waals surface area contributed by atoms with Crippen LogP contribution in [0.15, 0.2) is 24.3 Å². The quantitative estimate of drug-likeness (QED) is 0.899. The van der Waals surface area contributed by atoms with Gasteiger partial charge in [0.05, 0.1) is 0 Å². The summed E-state index contributed by atoms with van der Waals surface area (Å²) < 4.78 is 0. The van der Waals surface area contributed by atoms with Gasteiger partial charge in [-0.15, -0.1) is 0 Å². The molecule has 0 atom stereocenters. The second-order valence-electron chi connectivity index (χ2n) is 7.33. The van der Waals surface area contributed by atoms with Crippen LogP contribution in [0.5, 0.6) is 0 Å². The Hall–Kier alpha value is -0.860. The monoisotopic (exact) mass is 262 g/mol. The lowest BCUT2D eigenvalue weighted by atomic mass is 9.86. The van der Waals surface area contributed by atoms with Gasteiger partial charge in [-0.2, -0.15) is 0 Å². The third-order valence-electron chi connectivity index (χ3n) is 3.54. The van der Waals surface area contributed by atoms with Crippen LogP contribution in [0.3, 0.4) is 0 Å². The van der Waals surface area contributed by atoms with E-state index in [1.165, 1.54) is 11.1 Å². The van der Waals surface area contributed by atoms with E-state index in [0.29, 0.717) is 6.54 Å². The molecule has 0 aliphatic carbocycles. The Balaban J connectivity index is 2.81. The Morgan fingerprint density at radius 3 is 1.84 bits per heavy atom. The van der Waals surface area contributed by atoms with Gasteiger partial charge in [0.2, 0.25) is 0 Å². The van der Waals surface area contributed by atoms with Crippen LogP contribution in [-0.2, 0) is 12.0 Å². The van der Waals surface area contributed by atoms with E-state index in [2.05, 4.69) is 70.7 Å². The van der Waals surface area contributed by atoms with Crippen LogP contribution in [0, 0.1) is 0 Å². The zero-order valence-corrected chi connectivity index (χ0v) is 13.5. The van der Waals surface area contributed by atoms with Gasteiger partial charge < -0.3 is 5.73 Å². The molecule has 0 radical (unpaired) electrons. The molecule has 19 heavy (non-hydrogen) atoms. The van der Waals surface area contributed by atoms with Gasteiger partial charge in [-0.25, -0.2) is 0 Å². The first-order valence-electron chi connectivity index (χ1n) is 7.19. The fraction of sp³-hybridized carbons (Fsp3) is 0.647. The second-order valence-corrected chi connectivity index (χ2v) is 7.33. The third kappa shape index (κ3) is 4.96. The summed E-state index contributed by atoms with van der Waals surface area (Å²) in [5, 5.41) is 0. The van der Waals surface area contributed by atoms with Crippen molar-refractivity contribution in [3.8, 4) is 0 Å². The summed E-state index contributed by atoms with van der Waals surface area (Å²) in [5.74, 6) is 0. The molecule has 0 aliphatic heterocycles. The molecule has 0 saturated carbocycles. The molecule has 1 aromatic carbocycles. The number of hydrogen-bond acceptors (Lipinski definition) is 2. The Labute approximate surface area is 119 Å². The molecule has 0 spiro atoms. The fourth-order valence-corrected chi connectivity index (χ4v) is 2.14. The fourth-order valence-electron chi connectivity index (χ4n) is 2.14. The van der Waals surface area contributed by atoms with Crippen molar-refractivity contribution in [3.05, 3.63) is 35.4 Å². The topological polar surface area (TPSA) is 29.3 Å². The average Bonchev–Trinajstić information content (AvgIpc) is 2.26. The molecule has 0 heterocycles. The van der Waals surface area contributed by atoms with Crippen LogP contribution in [-0.4, -0.2) is 23.5 Å². The Morgan fingerprint density at radius 1 is 0.947 bits per heavy atom. The van der Waals surface area contributed by atoms with E-state index < -0.39 is 0 Å². The molecule has 0 aliphatic rings. The minimum atomic E-state index is 0.155. The molecule has 0 bridgehead atoms. The van der Waals surface area contributed by atoms with Crippen LogP contribution < -0.4 is 5.73 Å². The minimum Gasteiger partial charge on any atom is -0.329 e. The number of benzene rings is 1. The lowest BCUT2D eigenvalue weighted by Crippen LogP contribution is -2.43. The first-order valence-corrected chi connectivity index (χ1v) is 7.19. The van der Waals surface area contributed by atoms with Crippen molar-refractivity contribution in [1.82, 2.24) is 4.90 Å². The van der Waals surface area contributed by atoms with E-state index in [1.54, 1.807) is 0 Å². The van der Waals surface area contributed by atoms with Gasteiger partial charge >= 0.3 is 0 Å². The lowest BCUT2D eigenvalue weighted by molar-refractivity contribution is 0.132. The highest BCUT2D eigenvalue weighted by molar-refractivity contribution is 5.27. The molecule has 1 rings (SSSR count). The van der Waals surface area contributed by atoms with E-state index >= 15 is 0 Å². The smallest absolute Gasteiger partial charge is 0.0239 e. The molecular weight excluding hydrogens is 232 g/mol. The molecule has 0 amide bonds. The van der Waals surface area contributed by atoms with Crippen LogP contribution in [0.4, 0.5) is 0 Å². The summed E-state index contributed by atoms with van der Waals surface area (Å²) in [6.45, 7) is 16.1. The average molecular weight is 262 g/mol. The molecule has 2 heteroatoms. The number of nitrogens with two attached hydrogens (primary N) is 1. The Bertz CT molecular complexity index is 379. The minimum absolute atomic E-state index is 0.155. The van der Waals surface area contributed by atoms with E-state index in [0.717, 1.165) is 13.1 Å². The van der Waals surface area contributed by atoms with Crippen molar-refractivity contribution in [2.75, 3.05) is 13.1 Å². The van der Waals surface area contributed by atoms with Gasteiger partial charge in [-0.05, 0) is 37.3 Å². The zero-order valence-electron chi connectivity index (χ0n) is 13.5. The highest BCUT2D eigenvalue weighted by Gasteiger charge is 2.20. The molecule has 0 saturated heterocycles. The first-order chi connectivity index (χ1) is 8.64. The first kappa shape index (κ1) is 16.2. The van der Waals surface area contributed by atoms with Crippen LogP contribution in [0.1, 0.15) is 52.7 Å². The van der Waals surface area contributed by atoms with Crippen molar-refractivity contribution in [2.24, 2.45) is 5.73 Å². The van der Waals surface area contributed by atoms with Gasteiger partial charge in [0.25, 0.3) is 0 Å². The molecule has 2 N–H and O–H groups in total. The molecule has 0 unspecified atom stereocenters. The van der Waals surface area contributed by atoms with Crippen molar-refractivity contribution in [1.29, 1.82) is 0 Å². The maximum atomic E-state index is 5.72. The number of rotatable bonds is 4. The van der Waals surface area contributed by atoms with Gasteiger partial charge in [0.15, 0.2) is 0 Å². The van der Waals surface area contributed by atoms with Crippen molar-refractivity contribution in [3.63, 3.8) is 0 Å². The Kier molecular flexibility index (Phi) is 5.17. The summed E-state index contributed by atoms with van der Waals surface area (Å²) in [5.41, 5.74) is 8.84. The van der Waals surface area contributed by atoms with Crippen molar-refractivity contribution in [2.45, 2.75) is 59.0 Å². The molecular formula is C17H30N2. The van der Waals surface area contributed by atoms with Crippen LogP contribution >= 0.6 is 0 Å². The van der Waals surface area contributed by atoms with Crippen LogP contribution in [0.25, 0.3) is 0 Å². The van der Waals surface area contributed by atoms with Gasteiger partial charge in [0.1, 0.15) is 0 Å². The summed E-state index contributed by atoms with van der Waals surface area (Å²) in [7, 11) is 0. The highest BCUT2D eigenvalue weighted by Crippen LogP contribution is 2.23. The van der Waals surface area contributed by atoms with Gasteiger partial charge in [-0.1, -0.05) is 45.0 Å². The maximum Gasteiger partial charge on any atom is 0.0239 e. The predicted octanol–water partition coefficient (Wildman–Crippen LogP) is 3.54. The van der Waals surface area contributed by atoms with E-state index in [9.17, 15) is 0 Å². The predicted molar refractivity (Wildman–Crippen MR) is 84.4 cm³/mol. The van der Waals surface area contributed by atoms with Gasteiger partial charge in [0, 0.05) is 25.2 Å². The van der Waals surface area contributed by atoms with Crippen LogP contribution in [0.2, 0.25) is 0 Å². The normalized spacial score (nSPS) is 13.1. The molecule has 1 aromatic rings. The van der Waals surface area contributed by atoms with Gasteiger partial charge in [-0.3, -0.25) is 4.90 Å². The zero-order chi connectivity index (χ0) is 14.7. The van der Waals surface area contributed by atoms with E-state index in [4.69, 9.17) is 5.73 Å². The summed E-state index contributed by atoms with van der Waals surface area (Å²) in [4.78, 5) is 2.43. The van der Waals surface area contributed by atoms with E-state index in [1.807, 2.05) is 0 Å².